The van der Waals surface area contributed by atoms with Gasteiger partial charge in [-0.05, 0) is 41.7 Å². The third kappa shape index (κ3) is 3.25. The number of methoxy groups -OCH3 is 1. The molecular weight excluding hydrogens is 345 g/mol. The summed E-state index contributed by atoms with van der Waals surface area (Å²) < 4.78 is 19.5. The molecule has 2 atom stereocenters. The fraction of sp³-hybridized carbons (Fsp3) is 0.273. The van der Waals surface area contributed by atoms with Crippen LogP contribution in [-0.2, 0) is 9.59 Å². The summed E-state index contributed by atoms with van der Waals surface area (Å²) in [6, 6.07) is 14.0. The molecule has 2 aromatic carbocycles. The minimum Gasteiger partial charge on any atom is -0.497 e. The molecule has 2 aliphatic rings. The number of rotatable bonds is 3. The summed E-state index contributed by atoms with van der Waals surface area (Å²) in [4.78, 5) is 25.2. The van der Waals surface area contributed by atoms with Crippen LogP contribution in [0.5, 0.6) is 5.75 Å². The number of ether oxygens (including phenoxy) is 1. The Balaban J connectivity index is 1.70. The van der Waals surface area contributed by atoms with Crippen molar-refractivity contribution in [1.82, 2.24) is 5.32 Å². The van der Waals surface area contributed by atoms with Crippen LogP contribution in [0.25, 0.3) is 0 Å². The second-order valence-corrected chi connectivity index (χ2v) is 7.02. The van der Waals surface area contributed by atoms with E-state index in [-0.39, 0.29) is 29.8 Å². The van der Waals surface area contributed by atoms with Gasteiger partial charge in [0.15, 0.2) is 5.78 Å². The number of hydrogen-bond donors (Lipinski definition) is 1. The van der Waals surface area contributed by atoms with Crippen LogP contribution >= 0.6 is 0 Å². The van der Waals surface area contributed by atoms with Gasteiger partial charge in [0.1, 0.15) is 11.6 Å². The van der Waals surface area contributed by atoms with Crippen LogP contribution in [0.2, 0.25) is 0 Å². The smallest absolute Gasteiger partial charge is 0.225 e. The standard InChI is InChI=1S/C22H20FNO3/c1-27-15-8-6-13(7-9-15)14-10-19-22(20(25)11-14)17(12-21(26)24-19)16-4-2-3-5-18(16)23/h2-9,14,17H,10-12H2,1H3,(H,24,26)/t14-,17-/m1/s1. The van der Waals surface area contributed by atoms with Crippen LogP contribution in [-0.4, -0.2) is 18.8 Å². The van der Waals surface area contributed by atoms with Gasteiger partial charge < -0.3 is 10.1 Å². The van der Waals surface area contributed by atoms with Crippen molar-refractivity contribution in [2.24, 2.45) is 0 Å². The summed E-state index contributed by atoms with van der Waals surface area (Å²) in [5.41, 5.74) is 2.63. The lowest BCUT2D eigenvalue weighted by Gasteiger charge is -2.34. The number of ketones is 1. The van der Waals surface area contributed by atoms with Crippen LogP contribution in [0.3, 0.4) is 0 Å². The van der Waals surface area contributed by atoms with Gasteiger partial charge in [0.25, 0.3) is 0 Å². The van der Waals surface area contributed by atoms with Crippen molar-refractivity contribution in [2.75, 3.05) is 7.11 Å². The SMILES string of the molecule is COc1ccc([C@H]2CC(=O)C3=C(C2)NC(=O)C[C@@H]3c2ccccc2F)cc1. The van der Waals surface area contributed by atoms with Gasteiger partial charge in [0.05, 0.1) is 7.11 Å². The molecule has 0 aromatic heterocycles. The zero-order valence-corrected chi connectivity index (χ0v) is 15.0. The molecule has 27 heavy (non-hydrogen) atoms. The maximum Gasteiger partial charge on any atom is 0.225 e. The molecule has 4 nitrogen and oxygen atoms in total. The first-order valence-electron chi connectivity index (χ1n) is 9.01. The largest absolute Gasteiger partial charge is 0.497 e. The number of carbonyl (C=O) groups excluding carboxylic acids is 2. The minimum absolute atomic E-state index is 0.0122. The molecule has 0 spiro atoms. The van der Waals surface area contributed by atoms with Crippen LogP contribution < -0.4 is 10.1 Å². The topological polar surface area (TPSA) is 55.4 Å². The van der Waals surface area contributed by atoms with Crippen molar-refractivity contribution in [3.63, 3.8) is 0 Å². The molecule has 1 amide bonds. The van der Waals surface area contributed by atoms with Gasteiger partial charge in [-0.15, -0.1) is 0 Å². The van der Waals surface area contributed by atoms with Crippen molar-refractivity contribution in [3.05, 3.63) is 76.7 Å². The molecular formula is C22H20FNO3. The Hall–Kier alpha value is -2.95. The Bertz CT molecular complexity index is 933. The molecule has 0 radical (unpaired) electrons. The molecule has 138 valence electrons. The number of amides is 1. The van der Waals surface area contributed by atoms with E-state index in [1.807, 2.05) is 24.3 Å². The zero-order valence-electron chi connectivity index (χ0n) is 15.0. The molecule has 4 rings (SSSR count). The van der Waals surface area contributed by atoms with Crippen LogP contribution in [0.15, 0.2) is 59.8 Å². The van der Waals surface area contributed by atoms with Gasteiger partial charge >= 0.3 is 0 Å². The molecule has 1 N–H and O–H groups in total. The van der Waals surface area contributed by atoms with Gasteiger partial charge in [0.2, 0.25) is 5.91 Å². The molecule has 1 aliphatic heterocycles. The minimum atomic E-state index is -0.515. The lowest BCUT2D eigenvalue weighted by Crippen LogP contribution is -2.38. The van der Waals surface area contributed by atoms with E-state index in [1.165, 1.54) is 6.07 Å². The molecule has 0 bridgehead atoms. The second-order valence-electron chi connectivity index (χ2n) is 7.02. The number of nitrogens with one attached hydrogen (secondary N) is 1. The highest BCUT2D eigenvalue weighted by atomic mass is 19.1. The fourth-order valence-electron chi connectivity index (χ4n) is 4.10. The predicted octanol–water partition coefficient (Wildman–Crippen LogP) is 3.84. The Morgan fingerprint density at radius 3 is 2.44 bits per heavy atom. The van der Waals surface area contributed by atoms with Gasteiger partial charge in [-0.2, -0.15) is 0 Å². The highest BCUT2D eigenvalue weighted by Crippen LogP contribution is 2.43. The van der Waals surface area contributed by atoms with Crippen LogP contribution in [0.1, 0.15) is 42.2 Å². The average Bonchev–Trinajstić information content (AvgIpc) is 2.67. The van der Waals surface area contributed by atoms with Crippen LogP contribution in [0, 0.1) is 5.82 Å². The number of benzene rings is 2. The fourth-order valence-corrected chi connectivity index (χ4v) is 4.10. The number of allylic oxidation sites excluding steroid dienone is 2. The highest BCUT2D eigenvalue weighted by Gasteiger charge is 2.38. The molecule has 0 unspecified atom stereocenters. The second kappa shape index (κ2) is 6.99. The predicted molar refractivity (Wildman–Crippen MR) is 98.9 cm³/mol. The summed E-state index contributed by atoms with van der Waals surface area (Å²) in [5, 5.41) is 2.86. The van der Waals surface area contributed by atoms with Crippen molar-refractivity contribution >= 4 is 11.7 Å². The van der Waals surface area contributed by atoms with E-state index >= 15 is 0 Å². The van der Waals surface area contributed by atoms with E-state index in [0.29, 0.717) is 29.7 Å². The normalized spacial score (nSPS) is 22.3. The quantitative estimate of drug-likeness (QED) is 0.899. The molecule has 0 fully saturated rings. The Labute approximate surface area is 157 Å². The lowest BCUT2D eigenvalue weighted by atomic mass is 9.73. The molecule has 1 heterocycles. The third-order valence-corrected chi connectivity index (χ3v) is 5.40. The number of Topliss-reactive ketones (excluding diaryl/α,β-unsaturated/α-hetero) is 1. The maximum absolute atomic E-state index is 14.3. The van der Waals surface area contributed by atoms with Crippen molar-refractivity contribution < 1.29 is 18.7 Å². The summed E-state index contributed by atoms with van der Waals surface area (Å²) in [6.45, 7) is 0. The monoisotopic (exact) mass is 365 g/mol. The first-order valence-corrected chi connectivity index (χ1v) is 9.01. The lowest BCUT2D eigenvalue weighted by molar-refractivity contribution is -0.122. The molecule has 5 heteroatoms. The Morgan fingerprint density at radius 1 is 1.00 bits per heavy atom. The first-order chi connectivity index (χ1) is 13.1. The molecule has 2 aromatic rings. The molecule has 0 saturated heterocycles. The van der Waals surface area contributed by atoms with E-state index in [0.717, 1.165) is 11.3 Å². The number of carbonyl (C=O) groups is 2. The van der Waals surface area contributed by atoms with E-state index in [1.54, 1.807) is 25.3 Å². The average molecular weight is 365 g/mol. The van der Waals surface area contributed by atoms with Gasteiger partial charge in [-0.3, -0.25) is 9.59 Å². The van der Waals surface area contributed by atoms with Gasteiger partial charge in [-0.1, -0.05) is 30.3 Å². The van der Waals surface area contributed by atoms with E-state index in [2.05, 4.69) is 5.32 Å². The van der Waals surface area contributed by atoms with Crippen molar-refractivity contribution in [2.45, 2.75) is 31.1 Å². The Morgan fingerprint density at radius 2 is 1.74 bits per heavy atom. The number of hydrogen-bond acceptors (Lipinski definition) is 3. The summed E-state index contributed by atoms with van der Waals surface area (Å²) in [6.07, 6.45) is 1.01. The van der Waals surface area contributed by atoms with Crippen molar-refractivity contribution in [1.29, 1.82) is 0 Å². The van der Waals surface area contributed by atoms with Gasteiger partial charge in [0, 0.05) is 30.0 Å². The maximum atomic E-state index is 14.3. The Kier molecular flexibility index (Phi) is 4.52. The summed E-state index contributed by atoms with van der Waals surface area (Å²) in [5.74, 6) is -0.350. The number of halogens is 1. The molecule has 1 aliphatic carbocycles. The summed E-state index contributed by atoms with van der Waals surface area (Å²) >= 11 is 0. The molecule has 0 saturated carbocycles. The van der Waals surface area contributed by atoms with E-state index in [4.69, 9.17) is 4.74 Å². The first kappa shape index (κ1) is 17.5. The zero-order chi connectivity index (χ0) is 19.0. The summed E-state index contributed by atoms with van der Waals surface area (Å²) in [7, 11) is 1.61. The van der Waals surface area contributed by atoms with Crippen LogP contribution in [0.4, 0.5) is 4.39 Å². The van der Waals surface area contributed by atoms with Crippen molar-refractivity contribution in [3.8, 4) is 5.75 Å². The third-order valence-electron chi connectivity index (χ3n) is 5.40. The van der Waals surface area contributed by atoms with Gasteiger partial charge in [-0.25, -0.2) is 4.39 Å². The highest BCUT2D eigenvalue weighted by molar-refractivity contribution is 6.02. The van der Waals surface area contributed by atoms with E-state index < -0.39 is 5.92 Å². The van der Waals surface area contributed by atoms with E-state index in [9.17, 15) is 14.0 Å².